The lowest BCUT2D eigenvalue weighted by molar-refractivity contribution is -0.149. The molecule has 1 atom stereocenters. The summed E-state index contributed by atoms with van der Waals surface area (Å²) in [6.45, 7) is -0.268. The Hall–Kier alpha value is -2.51. The molecule has 6 nitrogen and oxygen atoms in total. The Kier molecular flexibility index (Phi) is 3.64. The number of halogens is 2. The number of methoxy groups -OCH3 is 1. The summed E-state index contributed by atoms with van der Waals surface area (Å²) in [5.41, 5.74) is -0.0545. The van der Waals surface area contributed by atoms with Crippen LogP contribution in [0.4, 0.5) is 13.6 Å². The highest BCUT2D eigenvalue weighted by Gasteiger charge is 2.40. The van der Waals surface area contributed by atoms with E-state index in [1.165, 1.54) is 0 Å². The molecule has 20 heavy (non-hydrogen) atoms. The third-order valence-electron chi connectivity index (χ3n) is 2.82. The summed E-state index contributed by atoms with van der Waals surface area (Å²) in [6, 6.07) is 0.411. The fourth-order valence-electron chi connectivity index (χ4n) is 1.88. The van der Waals surface area contributed by atoms with Gasteiger partial charge in [-0.25, -0.2) is 23.3 Å². The van der Waals surface area contributed by atoms with Crippen LogP contribution in [0.15, 0.2) is 18.2 Å². The van der Waals surface area contributed by atoms with E-state index in [2.05, 4.69) is 10.1 Å². The van der Waals surface area contributed by atoms with E-state index in [1.54, 1.807) is 0 Å². The summed E-state index contributed by atoms with van der Waals surface area (Å²) in [6.07, 6.45) is 0. The Morgan fingerprint density at radius 3 is 2.55 bits per heavy atom. The molecule has 1 aromatic rings. The second-order valence-corrected chi connectivity index (χ2v) is 4.02. The number of carbonyl (C=O) groups excluding carboxylic acids is 3. The van der Waals surface area contributed by atoms with Crippen LogP contribution in [0.1, 0.15) is 11.6 Å². The number of rotatable bonds is 3. The molecule has 0 spiro atoms. The van der Waals surface area contributed by atoms with Crippen LogP contribution in [0.3, 0.4) is 0 Å². The highest BCUT2D eigenvalue weighted by molar-refractivity contribution is 6.05. The minimum Gasteiger partial charge on any atom is -0.467 e. The van der Waals surface area contributed by atoms with Gasteiger partial charge in [0.25, 0.3) is 5.91 Å². The summed E-state index contributed by atoms with van der Waals surface area (Å²) in [5, 5.41) is 2.24. The van der Waals surface area contributed by atoms with Crippen LogP contribution >= 0.6 is 0 Å². The summed E-state index contributed by atoms with van der Waals surface area (Å²) < 4.78 is 30.7. The molecule has 8 heteroatoms. The van der Waals surface area contributed by atoms with Crippen LogP contribution in [0.25, 0.3) is 0 Å². The molecule has 1 fully saturated rings. The van der Waals surface area contributed by atoms with Gasteiger partial charge in [0, 0.05) is 0 Å². The molecule has 0 aromatic heterocycles. The molecule has 1 saturated heterocycles. The maximum absolute atomic E-state index is 13.3. The molecular weight excluding hydrogens is 274 g/mol. The maximum Gasteiger partial charge on any atom is 0.333 e. The normalized spacial score (nSPS) is 16.1. The van der Waals surface area contributed by atoms with Crippen molar-refractivity contribution in [3.8, 4) is 0 Å². The van der Waals surface area contributed by atoms with Gasteiger partial charge in [-0.1, -0.05) is 6.07 Å². The first-order valence-electron chi connectivity index (χ1n) is 5.58. The smallest absolute Gasteiger partial charge is 0.333 e. The van der Waals surface area contributed by atoms with Crippen molar-refractivity contribution >= 4 is 17.9 Å². The molecule has 0 saturated carbocycles. The standard InChI is InChI=1S/C12H10F2N2O4/c1-20-11(18)10(16-9(17)5-15-12(16)19)6-2-3-7(13)8(14)4-6/h2-4,10H,5H2,1H3,(H,15,19). The summed E-state index contributed by atoms with van der Waals surface area (Å²) in [5.74, 6) is -3.88. The number of esters is 1. The zero-order valence-corrected chi connectivity index (χ0v) is 10.4. The third-order valence-corrected chi connectivity index (χ3v) is 2.82. The number of nitrogens with one attached hydrogen (secondary N) is 1. The van der Waals surface area contributed by atoms with Crippen molar-refractivity contribution in [2.45, 2.75) is 6.04 Å². The van der Waals surface area contributed by atoms with Crippen molar-refractivity contribution < 1.29 is 27.9 Å². The van der Waals surface area contributed by atoms with Gasteiger partial charge >= 0.3 is 12.0 Å². The molecule has 1 unspecified atom stereocenters. The molecule has 0 bridgehead atoms. The van der Waals surface area contributed by atoms with Crippen LogP contribution < -0.4 is 5.32 Å². The highest BCUT2D eigenvalue weighted by Crippen LogP contribution is 2.25. The number of carbonyl (C=O) groups is 3. The number of imide groups is 1. The van der Waals surface area contributed by atoms with Gasteiger partial charge in [0.1, 0.15) is 0 Å². The SMILES string of the molecule is COC(=O)C(c1ccc(F)c(F)c1)N1C(=O)CNC1=O. The van der Waals surface area contributed by atoms with Gasteiger partial charge < -0.3 is 10.1 Å². The number of hydrogen-bond donors (Lipinski definition) is 1. The van der Waals surface area contributed by atoms with E-state index < -0.39 is 35.6 Å². The Morgan fingerprint density at radius 2 is 2.05 bits per heavy atom. The average molecular weight is 284 g/mol. The van der Waals surface area contributed by atoms with Crippen LogP contribution in [0.5, 0.6) is 0 Å². The number of amides is 3. The van der Waals surface area contributed by atoms with Crippen LogP contribution in [0, 0.1) is 11.6 Å². The van der Waals surface area contributed by atoms with Crippen molar-refractivity contribution in [3.05, 3.63) is 35.4 Å². The Morgan fingerprint density at radius 1 is 1.35 bits per heavy atom. The summed E-state index contributed by atoms with van der Waals surface area (Å²) in [7, 11) is 1.06. The molecule has 3 amide bonds. The van der Waals surface area contributed by atoms with Gasteiger partial charge in [-0.2, -0.15) is 0 Å². The fourth-order valence-corrected chi connectivity index (χ4v) is 1.88. The van der Waals surface area contributed by atoms with E-state index in [4.69, 9.17) is 0 Å². The molecule has 2 rings (SSSR count). The number of urea groups is 1. The first-order valence-corrected chi connectivity index (χ1v) is 5.58. The van der Waals surface area contributed by atoms with Crippen LogP contribution in [-0.4, -0.2) is 36.5 Å². The zero-order valence-electron chi connectivity index (χ0n) is 10.4. The first kappa shape index (κ1) is 13.9. The van der Waals surface area contributed by atoms with Crippen LogP contribution in [-0.2, 0) is 14.3 Å². The number of hydrogen-bond acceptors (Lipinski definition) is 4. The van der Waals surface area contributed by atoms with E-state index in [1.807, 2.05) is 0 Å². The van der Waals surface area contributed by atoms with E-state index in [0.29, 0.717) is 4.90 Å². The lowest BCUT2D eigenvalue weighted by atomic mass is 10.1. The largest absolute Gasteiger partial charge is 0.467 e. The first-order chi connectivity index (χ1) is 9.45. The Labute approximate surface area is 112 Å². The fraction of sp³-hybridized carbons (Fsp3) is 0.250. The predicted octanol–water partition coefficient (Wildman–Crippen LogP) is 0.731. The van der Waals surface area contributed by atoms with E-state index >= 15 is 0 Å². The topological polar surface area (TPSA) is 75.7 Å². The summed E-state index contributed by atoms with van der Waals surface area (Å²) >= 11 is 0. The van der Waals surface area contributed by atoms with Gasteiger partial charge in [-0.15, -0.1) is 0 Å². The van der Waals surface area contributed by atoms with Crippen molar-refractivity contribution in [1.29, 1.82) is 0 Å². The second-order valence-electron chi connectivity index (χ2n) is 4.02. The van der Waals surface area contributed by atoms with Gasteiger partial charge in [-0.05, 0) is 17.7 Å². The summed E-state index contributed by atoms with van der Waals surface area (Å²) in [4.78, 5) is 35.6. The molecule has 1 aliphatic rings. The molecule has 0 aliphatic carbocycles. The lowest BCUT2D eigenvalue weighted by Crippen LogP contribution is -2.39. The molecule has 106 valence electrons. The molecule has 1 aromatic carbocycles. The number of benzene rings is 1. The predicted molar refractivity (Wildman–Crippen MR) is 61.4 cm³/mol. The minimum absolute atomic E-state index is 0.0545. The lowest BCUT2D eigenvalue weighted by Gasteiger charge is -2.23. The zero-order chi connectivity index (χ0) is 14.9. The molecular formula is C12H10F2N2O4. The van der Waals surface area contributed by atoms with Crippen molar-refractivity contribution in [1.82, 2.24) is 10.2 Å². The van der Waals surface area contributed by atoms with Crippen molar-refractivity contribution in [3.63, 3.8) is 0 Å². The van der Waals surface area contributed by atoms with Gasteiger partial charge in [0.15, 0.2) is 17.7 Å². The van der Waals surface area contributed by atoms with E-state index in [0.717, 1.165) is 25.3 Å². The molecule has 0 radical (unpaired) electrons. The third kappa shape index (κ3) is 2.31. The highest BCUT2D eigenvalue weighted by atomic mass is 19.2. The monoisotopic (exact) mass is 284 g/mol. The number of ether oxygens (including phenoxy) is 1. The number of nitrogens with zero attached hydrogens (tertiary/aromatic N) is 1. The van der Waals surface area contributed by atoms with Crippen molar-refractivity contribution in [2.24, 2.45) is 0 Å². The molecule has 1 heterocycles. The minimum atomic E-state index is -1.45. The van der Waals surface area contributed by atoms with Gasteiger partial charge in [0.05, 0.1) is 13.7 Å². The van der Waals surface area contributed by atoms with E-state index in [-0.39, 0.29) is 12.1 Å². The second kappa shape index (κ2) is 5.24. The molecule has 1 aliphatic heterocycles. The Balaban J connectivity index is 2.47. The van der Waals surface area contributed by atoms with Crippen LogP contribution in [0.2, 0.25) is 0 Å². The van der Waals surface area contributed by atoms with Gasteiger partial charge in [-0.3, -0.25) is 4.79 Å². The molecule has 1 N–H and O–H groups in total. The van der Waals surface area contributed by atoms with E-state index in [9.17, 15) is 23.2 Å². The maximum atomic E-state index is 13.3. The average Bonchev–Trinajstić information content (AvgIpc) is 2.74. The quantitative estimate of drug-likeness (QED) is 0.656. The van der Waals surface area contributed by atoms with Gasteiger partial charge in [0.2, 0.25) is 0 Å². The Bertz CT molecular complexity index is 575. The van der Waals surface area contributed by atoms with Crippen molar-refractivity contribution in [2.75, 3.05) is 13.7 Å².